The van der Waals surface area contributed by atoms with Gasteiger partial charge in [-0.25, -0.2) is 0 Å². The van der Waals surface area contributed by atoms with Crippen LogP contribution in [0.25, 0.3) is 0 Å². The van der Waals surface area contributed by atoms with Gasteiger partial charge in [0.2, 0.25) is 0 Å². The van der Waals surface area contributed by atoms with E-state index in [1.54, 1.807) is 6.08 Å². The second-order valence-corrected chi connectivity index (χ2v) is 2.65. The molecule has 1 nitrogen and oxygen atoms in total. The summed E-state index contributed by atoms with van der Waals surface area (Å²) in [5, 5.41) is 0. The average Bonchev–Trinajstić information content (AvgIpc) is 2.13. The number of hydrogen-bond donors (Lipinski definition) is 0. The van der Waals surface area contributed by atoms with Crippen LogP contribution in [-0.2, 0) is 0 Å². The van der Waals surface area contributed by atoms with E-state index in [0.717, 1.165) is 11.3 Å². The van der Waals surface area contributed by atoms with Gasteiger partial charge in [-0.1, -0.05) is 31.2 Å². The highest BCUT2D eigenvalue weighted by atomic mass is 15.1. The zero-order valence-electron chi connectivity index (χ0n) is 8.25. The van der Waals surface area contributed by atoms with Gasteiger partial charge in [-0.15, -0.1) is 6.42 Å². The highest BCUT2D eigenvalue weighted by molar-refractivity contribution is 5.26. The van der Waals surface area contributed by atoms with E-state index in [0.29, 0.717) is 0 Å². The van der Waals surface area contributed by atoms with Gasteiger partial charge in [0.25, 0.3) is 0 Å². The Kier molecular flexibility index (Phi) is 5.14. The molecule has 0 aliphatic carbocycles. The molecule has 0 spiro atoms. The van der Waals surface area contributed by atoms with E-state index in [-0.39, 0.29) is 0 Å². The zero-order valence-corrected chi connectivity index (χ0v) is 8.25. The van der Waals surface area contributed by atoms with Crippen LogP contribution in [0, 0.1) is 12.3 Å². The Morgan fingerprint density at radius 3 is 2.62 bits per heavy atom. The molecule has 0 rings (SSSR count). The molecule has 0 aliphatic heterocycles. The Morgan fingerprint density at radius 2 is 2.15 bits per heavy atom. The van der Waals surface area contributed by atoms with Crippen molar-refractivity contribution in [1.29, 1.82) is 0 Å². The van der Waals surface area contributed by atoms with Crippen LogP contribution in [-0.4, -0.2) is 11.9 Å². The minimum Gasteiger partial charge on any atom is -0.351 e. The number of rotatable bonds is 4. The van der Waals surface area contributed by atoms with Crippen LogP contribution < -0.4 is 0 Å². The molecule has 0 atom stereocenters. The summed E-state index contributed by atoms with van der Waals surface area (Å²) in [6.45, 7) is 9.31. The van der Waals surface area contributed by atoms with Gasteiger partial charge >= 0.3 is 0 Å². The molecule has 0 N–H and O–H groups in total. The normalized spacial score (nSPS) is 11.0. The predicted molar refractivity (Wildman–Crippen MR) is 58.8 cm³/mol. The van der Waals surface area contributed by atoms with Gasteiger partial charge in [-0.05, 0) is 13.0 Å². The van der Waals surface area contributed by atoms with Crippen molar-refractivity contribution in [3.8, 4) is 12.3 Å². The lowest BCUT2D eigenvalue weighted by Gasteiger charge is -2.13. The summed E-state index contributed by atoms with van der Waals surface area (Å²) in [6.07, 6.45) is 12.5. The molecule has 0 amide bonds. The van der Waals surface area contributed by atoms with E-state index in [2.05, 4.69) is 19.1 Å². The third-order valence-electron chi connectivity index (χ3n) is 1.49. The summed E-state index contributed by atoms with van der Waals surface area (Å²) < 4.78 is 0. The Hall–Kier alpha value is -1.68. The van der Waals surface area contributed by atoms with Crippen LogP contribution in [0.4, 0.5) is 0 Å². The van der Waals surface area contributed by atoms with Crippen molar-refractivity contribution in [3.63, 3.8) is 0 Å². The molecule has 0 radical (unpaired) electrons. The first-order valence-corrected chi connectivity index (χ1v) is 3.97. The number of nitrogens with zero attached hydrogens (tertiary/aromatic N) is 1. The van der Waals surface area contributed by atoms with Gasteiger partial charge in [0, 0.05) is 24.5 Å². The van der Waals surface area contributed by atoms with E-state index < -0.39 is 0 Å². The van der Waals surface area contributed by atoms with E-state index >= 15 is 0 Å². The van der Waals surface area contributed by atoms with E-state index in [9.17, 15) is 0 Å². The first-order chi connectivity index (χ1) is 6.11. The molecule has 0 saturated carbocycles. The highest BCUT2D eigenvalue weighted by Crippen LogP contribution is 2.03. The molecule has 0 heterocycles. The number of allylic oxidation sites excluding steroid dienone is 4. The van der Waals surface area contributed by atoms with E-state index in [4.69, 9.17) is 6.42 Å². The van der Waals surface area contributed by atoms with Crippen LogP contribution in [0.1, 0.15) is 6.92 Å². The number of terminal acetylenes is 1. The maximum Gasteiger partial charge on any atom is 0.0330 e. The summed E-state index contributed by atoms with van der Waals surface area (Å²) in [7, 11) is 1.90. The SMILES string of the molecule is C#C/C(C)=C\N(C)C(=C)/C=C\C=C. The fraction of sp³-hybridized carbons (Fsp3) is 0.167. The third kappa shape index (κ3) is 4.71. The molecular weight excluding hydrogens is 158 g/mol. The maximum atomic E-state index is 5.21. The molecule has 0 aromatic heterocycles. The quantitative estimate of drug-likeness (QED) is 0.466. The summed E-state index contributed by atoms with van der Waals surface area (Å²) in [5.41, 5.74) is 1.74. The van der Waals surface area contributed by atoms with E-state index in [1.165, 1.54) is 0 Å². The minimum absolute atomic E-state index is 0.870. The Labute approximate surface area is 80.8 Å². The van der Waals surface area contributed by atoms with Gasteiger partial charge in [-0.2, -0.15) is 0 Å². The molecule has 13 heavy (non-hydrogen) atoms. The van der Waals surface area contributed by atoms with Crippen LogP contribution in [0.3, 0.4) is 0 Å². The highest BCUT2D eigenvalue weighted by Gasteiger charge is 1.93. The van der Waals surface area contributed by atoms with Crippen molar-refractivity contribution in [2.24, 2.45) is 0 Å². The minimum atomic E-state index is 0.870. The summed E-state index contributed by atoms with van der Waals surface area (Å²) in [6, 6.07) is 0. The first-order valence-electron chi connectivity index (χ1n) is 3.97. The van der Waals surface area contributed by atoms with E-state index in [1.807, 2.05) is 37.2 Å². The molecule has 68 valence electrons. The average molecular weight is 173 g/mol. The maximum absolute atomic E-state index is 5.21. The van der Waals surface area contributed by atoms with Gasteiger partial charge < -0.3 is 4.90 Å². The Morgan fingerprint density at radius 1 is 1.54 bits per heavy atom. The van der Waals surface area contributed by atoms with Crippen LogP contribution in [0.2, 0.25) is 0 Å². The van der Waals surface area contributed by atoms with Crippen molar-refractivity contribution >= 4 is 0 Å². The number of hydrogen-bond acceptors (Lipinski definition) is 1. The molecule has 0 aromatic carbocycles. The van der Waals surface area contributed by atoms with Crippen molar-refractivity contribution in [3.05, 3.63) is 48.9 Å². The van der Waals surface area contributed by atoms with Crippen molar-refractivity contribution in [2.45, 2.75) is 6.92 Å². The van der Waals surface area contributed by atoms with Crippen molar-refractivity contribution in [2.75, 3.05) is 7.05 Å². The standard InChI is InChI=1S/C12H15N/c1-6-8-9-12(4)13(5)10-11(3)7-2/h2,6,8-10H,1,4H2,3,5H3/b9-8-,11-10-. The van der Waals surface area contributed by atoms with Crippen molar-refractivity contribution < 1.29 is 0 Å². The summed E-state index contributed by atoms with van der Waals surface area (Å²) in [5.74, 6) is 2.54. The van der Waals surface area contributed by atoms with Crippen LogP contribution in [0.5, 0.6) is 0 Å². The van der Waals surface area contributed by atoms with Gasteiger partial charge in [0.15, 0.2) is 0 Å². The van der Waals surface area contributed by atoms with Gasteiger partial charge in [0.05, 0.1) is 0 Å². The van der Waals surface area contributed by atoms with Crippen molar-refractivity contribution in [1.82, 2.24) is 4.90 Å². The Balaban J connectivity index is 4.37. The second kappa shape index (κ2) is 5.91. The zero-order chi connectivity index (χ0) is 10.3. The molecular formula is C12H15N. The fourth-order valence-corrected chi connectivity index (χ4v) is 0.707. The first kappa shape index (κ1) is 11.3. The van der Waals surface area contributed by atoms with Gasteiger partial charge in [-0.3, -0.25) is 0 Å². The lowest BCUT2D eigenvalue weighted by Crippen LogP contribution is -2.07. The molecule has 0 fully saturated rings. The third-order valence-corrected chi connectivity index (χ3v) is 1.49. The topological polar surface area (TPSA) is 3.24 Å². The molecule has 0 aliphatic rings. The summed E-state index contributed by atoms with van der Waals surface area (Å²) >= 11 is 0. The molecule has 0 saturated heterocycles. The predicted octanol–water partition coefficient (Wildman–Crippen LogP) is 2.71. The summed E-state index contributed by atoms with van der Waals surface area (Å²) in [4.78, 5) is 1.87. The monoisotopic (exact) mass is 173 g/mol. The molecule has 0 bridgehead atoms. The molecule has 0 unspecified atom stereocenters. The lowest BCUT2D eigenvalue weighted by molar-refractivity contribution is 0.588. The fourth-order valence-electron chi connectivity index (χ4n) is 0.707. The largest absolute Gasteiger partial charge is 0.351 e. The smallest absolute Gasteiger partial charge is 0.0330 e. The number of likely N-dealkylation sites (N-methyl/N-ethyl adjacent to an activating group) is 1. The Bertz CT molecular complexity index is 287. The van der Waals surface area contributed by atoms with Crippen LogP contribution >= 0.6 is 0 Å². The second-order valence-electron chi connectivity index (χ2n) is 2.65. The van der Waals surface area contributed by atoms with Crippen LogP contribution in [0.15, 0.2) is 48.9 Å². The molecule has 1 heteroatoms. The molecule has 0 aromatic rings. The van der Waals surface area contributed by atoms with Gasteiger partial charge in [0.1, 0.15) is 0 Å². The lowest BCUT2D eigenvalue weighted by atomic mass is 10.3.